The van der Waals surface area contributed by atoms with Gasteiger partial charge >= 0.3 is 0 Å². The number of hydrogen-bond donors (Lipinski definition) is 2. The summed E-state index contributed by atoms with van der Waals surface area (Å²) in [6.07, 6.45) is 0. The summed E-state index contributed by atoms with van der Waals surface area (Å²) in [6.45, 7) is -0.146. The lowest BCUT2D eigenvalue weighted by molar-refractivity contribution is 0.474. The van der Waals surface area contributed by atoms with Gasteiger partial charge in [-0.2, -0.15) is 0 Å². The smallest absolute Gasteiger partial charge is 0.243 e. The first-order chi connectivity index (χ1) is 9.38. The second-order valence-electron chi connectivity index (χ2n) is 4.07. The summed E-state index contributed by atoms with van der Waals surface area (Å²) in [4.78, 5) is -0.752. The van der Waals surface area contributed by atoms with Gasteiger partial charge in [0.05, 0.1) is 0 Å². The summed E-state index contributed by atoms with van der Waals surface area (Å²) in [5, 5.41) is 9.25. The molecule has 2 aromatic rings. The van der Waals surface area contributed by atoms with E-state index in [0.717, 1.165) is 12.1 Å². The zero-order valence-electron chi connectivity index (χ0n) is 10.2. The van der Waals surface area contributed by atoms with Crippen molar-refractivity contribution in [3.05, 3.63) is 59.7 Å². The van der Waals surface area contributed by atoms with Crippen molar-refractivity contribution in [1.82, 2.24) is 4.72 Å². The molecular formula is C13H11F2NO3S. The van der Waals surface area contributed by atoms with Gasteiger partial charge in [-0.1, -0.05) is 12.1 Å². The first-order valence-corrected chi connectivity index (χ1v) is 7.09. The monoisotopic (exact) mass is 299 g/mol. The zero-order valence-corrected chi connectivity index (χ0v) is 11.0. The topological polar surface area (TPSA) is 66.4 Å². The van der Waals surface area contributed by atoms with Crippen LogP contribution in [-0.2, 0) is 16.6 Å². The molecule has 0 atom stereocenters. The number of rotatable bonds is 4. The van der Waals surface area contributed by atoms with Crippen molar-refractivity contribution in [2.75, 3.05) is 0 Å². The van der Waals surface area contributed by atoms with E-state index in [-0.39, 0.29) is 12.3 Å². The third-order valence-corrected chi connectivity index (χ3v) is 3.98. The van der Waals surface area contributed by atoms with Crippen molar-refractivity contribution >= 4 is 10.0 Å². The van der Waals surface area contributed by atoms with Gasteiger partial charge in [0, 0.05) is 6.54 Å². The van der Waals surface area contributed by atoms with Gasteiger partial charge in [0.1, 0.15) is 22.3 Å². The highest BCUT2D eigenvalue weighted by Crippen LogP contribution is 2.17. The van der Waals surface area contributed by atoms with Crippen LogP contribution in [0.15, 0.2) is 47.4 Å². The van der Waals surface area contributed by atoms with Crippen molar-refractivity contribution < 1.29 is 22.3 Å². The van der Waals surface area contributed by atoms with Gasteiger partial charge in [0.2, 0.25) is 10.0 Å². The number of benzene rings is 2. The molecule has 0 aliphatic carbocycles. The summed E-state index contributed by atoms with van der Waals surface area (Å²) < 4.78 is 52.3. The minimum absolute atomic E-state index is 0.0152. The van der Waals surface area contributed by atoms with Crippen molar-refractivity contribution in [3.63, 3.8) is 0 Å². The van der Waals surface area contributed by atoms with Crippen LogP contribution < -0.4 is 4.72 Å². The predicted octanol–water partition coefficient (Wildman–Crippen LogP) is 2.15. The molecule has 0 heterocycles. The highest BCUT2D eigenvalue weighted by Gasteiger charge is 2.19. The first-order valence-electron chi connectivity index (χ1n) is 5.61. The van der Waals surface area contributed by atoms with E-state index >= 15 is 0 Å². The third kappa shape index (κ3) is 3.31. The van der Waals surface area contributed by atoms with E-state index in [9.17, 15) is 22.3 Å². The number of halogens is 2. The predicted molar refractivity (Wildman–Crippen MR) is 68.5 cm³/mol. The van der Waals surface area contributed by atoms with Gasteiger partial charge in [0.25, 0.3) is 0 Å². The largest absolute Gasteiger partial charge is 0.508 e. The second-order valence-corrected chi connectivity index (χ2v) is 5.80. The van der Waals surface area contributed by atoms with E-state index in [1.807, 2.05) is 0 Å². The molecule has 4 nitrogen and oxygen atoms in total. The van der Waals surface area contributed by atoms with Crippen LogP contribution >= 0.6 is 0 Å². The zero-order chi connectivity index (χ0) is 14.8. The van der Waals surface area contributed by atoms with Gasteiger partial charge in [0.15, 0.2) is 0 Å². The van der Waals surface area contributed by atoms with Crippen molar-refractivity contribution in [3.8, 4) is 5.75 Å². The van der Waals surface area contributed by atoms with Gasteiger partial charge in [-0.05, 0) is 35.9 Å². The van der Waals surface area contributed by atoms with Crippen LogP contribution in [-0.4, -0.2) is 13.5 Å². The molecule has 0 aromatic heterocycles. The lowest BCUT2D eigenvalue weighted by Crippen LogP contribution is -2.24. The minimum Gasteiger partial charge on any atom is -0.508 e. The molecule has 20 heavy (non-hydrogen) atoms. The Balaban J connectivity index is 2.21. The molecule has 0 unspecified atom stereocenters. The van der Waals surface area contributed by atoms with Crippen molar-refractivity contribution in [2.45, 2.75) is 11.4 Å². The molecule has 0 amide bonds. The Morgan fingerprint density at radius 3 is 2.55 bits per heavy atom. The summed E-state index contributed by atoms with van der Waals surface area (Å²) in [5.41, 5.74) is 0.491. The number of hydrogen-bond acceptors (Lipinski definition) is 3. The molecule has 0 saturated heterocycles. The fraction of sp³-hybridized carbons (Fsp3) is 0.0769. The molecule has 106 valence electrons. The maximum Gasteiger partial charge on any atom is 0.243 e. The van der Waals surface area contributed by atoms with E-state index in [4.69, 9.17) is 0 Å². The van der Waals surface area contributed by atoms with E-state index in [2.05, 4.69) is 4.72 Å². The highest BCUT2D eigenvalue weighted by molar-refractivity contribution is 7.89. The van der Waals surface area contributed by atoms with Gasteiger partial charge in [-0.25, -0.2) is 21.9 Å². The standard InChI is InChI=1S/C13H11F2NO3S/c14-10-4-5-12(15)13(7-10)20(18,19)16-8-9-2-1-3-11(17)6-9/h1-7,16-17H,8H2. The molecule has 2 aromatic carbocycles. The van der Waals surface area contributed by atoms with E-state index in [0.29, 0.717) is 11.6 Å². The second kappa shape index (κ2) is 5.56. The number of phenols is 1. The lowest BCUT2D eigenvalue weighted by Gasteiger charge is -2.08. The highest BCUT2D eigenvalue weighted by atomic mass is 32.2. The van der Waals surface area contributed by atoms with Gasteiger partial charge in [-0.15, -0.1) is 0 Å². The Hall–Kier alpha value is -1.99. The van der Waals surface area contributed by atoms with Crippen LogP contribution in [0.25, 0.3) is 0 Å². The Kier molecular flexibility index (Phi) is 4.01. The van der Waals surface area contributed by atoms with Crippen LogP contribution in [0, 0.1) is 11.6 Å². The molecule has 2 rings (SSSR count). The molecule has 0 bridgehead atoms. The Labute approximate surface area is 114 Å². The van der Waals surface area contributed by atoms with Crippen LogP contribution in [0.1, 0.15) is 5.56 Å². The van der Waals surface area contributed by atoms with Crippen molar-refractivity contribution in [1.29, 1.82) is 0 Å². The maximum atomic E-state index is 13.4. The van der Waals surface area contributed by atoms with Crippen molar-refractivity contribution in [2.24, 2.45) is 0 Å². The van der Waals surface area contributed by atoms with Gasteiger partial charge in [-0.3, -0.25) is 0 Å². The Bertz CT molecular complexity index is 732. The molecule has 0 aliphatic rings. The van der Waals surface area contributed by atoms with Crippen LogP contribution in [0.2, 0.25) is 0 Å². The molecule has 7 heteroatoms. The summed E-state index contributed by atoms with van der Waals surface area (Å²) in [5.74, 6) is -1.89. The summed E-state index contributed by atoms with van der Waals surface area (Å²) in [7, 11) is -4.17. The number of phenolic OH excluding ortho intramolecular Hbond substituents is 1. The first kappa shape index (κ1) is 14.4. The molecule has 0 spiro atoms. The van der Waals surface area contributed by atoms with Crippen LogP contribution in [0.4, 0.5) is 8.78 Å². The lowest BCUT2D eigenvalue weighted by atomic mass is 10.2. The molecular weight excluding hydrogens is 288 g/mol. The number of sulfonamides is 1. The van der Waals surface area contributed by atoms with Crippen LogP contribution in [0.5, 0.6) is 5.75 Å². The van der Waals surface area contributed by atoms with Crippen LogP contribution in [0.3, 0.4) is 0 Å². The summed E-state index contributed by atoms with van der Waals surface area (Å²) >= 11 is 0. The van der Waals surface area contributed by atoms with E-state index < -0.39 is 26.6 Å². The number of aromatic hydroxyl groups is 1. The van der Waals surface area contributed by atoms with E-state index in [1.54, 1.807) is 12.1 Å². The average Bonchev–Trinajstić information content (AvgIpc) is 2.39. The Morgan fingerprint density at radius 1 is 1.10 bits per heavy atom. The minimum atomic E-state index is -4.17. The molecule has 0 radical (unpaired) electrons. The fourth-order valence-electron chi connectivity index (χ4n) is 1.61. The number of nitrogens with one attached hydrogen (secondary N) is 1. The fourth-order valence-corrected chi connectivity index (χ4v) is 2.71. The Morgan fingerprint density at radius 2 is 1.85 bits per heavy atom. The molecule has 0 fully saturated rings. The van der Waals surface area contributed by atoms with E-state index in [1.165, 1.54) is 12.1 Å². The summed E-state index contributed by atoms with van der Waals surface area (Å²) in [6, 6.07) is 8.13. The van der Waals surface area contributed by atoms with Gasteiger partial charge < -0.3 is 5.11 Å². The normalized spacial score (nSPS) is 11.5. The quantitative estimate of drug-likeness (QED) is 0.909. The third-order valence-electron chi connectivity index (χ3n) is 2.56. The molecule has 0 aliphatic heterocycles. The molecule has 2 N–H and O–H groups in total. The maximum absolute atomic E-state index is 13.4. The average molecular weight is 299 g/mol. The SMILES string of the molecule is O=S(=O)(NCc1cccc(O)c1)c1cc(F)ccc1F. The molecule has 0 saturated carbocycles.